The van der Waals surface area contributed by atoms with Crippen molar-refractivity contribution >= 4 is 18.0 Å². The maximum Gasteiger partial charge on any atom is 0.407 e. The van der Waals surface area contributed by atoms with Crippen LogP contribution in [-0.2, 0) is 14.3 Å². The molecule has 35 heavy (non-hydrogen) atoms. The fourth-order valence-corrected chi connectivity index (χ4v) is 5.02. The van der Waals surface area contributed by atoms with E-state index in [1.807, 2.05) is 24.3 Å². The lowest BCUT2D eigenvalue weighted by atomic mass is 9.82. The van der Waals surface area contributed by atoms with Crippen LogP contribution in [0.2, 0.25) is 0 Å². The number of aliphatic carboxylic acids is 1. The second-order valence-corrected chi connectivity index (χ2v) is 9.36. The minimum atomic E-state index is -0.727. The molecule has 0 radical (unpaired) electrons. The molecule has 7 nitrogen and oxygen atoms in total. The van der Waals surface area contributed by atoms with Crippen LogP contribution in [0.5, 0.6) is 0 Å². The zero-order valence-electron chi connectivity index (χ0n) is 20.0. The highest BCUT2D eigenvalue weighted by Crippen LogP contribution is 2.44. The summed E-state index contributed by atoms with van der Waals surface area (Å²) in [6.45, 7) is 2.68. The van der Waals surface area contributed by atoms with Gasteiger partial charge in [0.15, 0.2) is 0 Å². The lowest BCUT2D eigenvalue weighted by Crippen LogP contribution is -2.33. The molecule has 0 aliphatic heterocycles. The number of carboxylic acids is 1. The molecule has 0 unspecified atom stereocenters. The third-order valence-corrected chi connectivity index (χ3v) is 7.10. The molecule has 2 aliphatic carbocycles. The summed E-state index contributed by atoms with van der Waals surface area (Å²) in [5, 5.41) is 14.7. The van der Waals surface area contributed by atoms with E-state index in [0.29, 0.717) is 30.9 Å². The highest BCUT2D eigenvalue weighted by atomic mass is 16.5. The van der Waals surface area contributed by atoms with Gasteiger partial charge in [-0.15, -0.1) is 0 Å². The second-order valence-electron chi connectivity index (χ2n) is 9.36. The number of carbonyl (C=O) groups excluding carboxylic acids is 2. The maximum atomic E-state index is 12.3. The Bertz CT molecular complexity index is 1070. The summed E-state index contributed by atoms with van der Waals surface area (Å²) >= 11 is 0. The van der Waals surface area contributed by atoms with Crippen molar-refractivity contribution in [1.29, 1.82) is 0 Å². The molecule has 1 saturated carbocycles. The number of nitrogens with one attached hydrogen (secondary N) is 2. The number of carbonyl (C=O) groups is 3. The first-order chi connectivity index (χ1) is 16.9. The molecular weight excluding hydrogens is 444 g/mol. The molecule has 2 aromatic rings. The Morgan fingerprint density at radius 2 is 1.54 bits per heavy atom. The lowest BCUT2D eigenvalue weighted by molar-refractivity contribution is -0.143. The SMILES string of the molecule is C/C(=C\CNC(=O)OCC1c2ccccc2-c2ccccc21)C(=O)NCC1CCC(C(=O)O)CC1. The maximum absolute atomic E-state index is 12.3. The summed E-state index contributed by atoms with van der Waals surface area (Å²) < 4.78 is 5.51. The van der Waals surface area contributed by atoms with Crippen LogP contribution in [0.25, 0.3) is 11.1 Å². The van der Waals surface area contributed by atoms with Crippen molar-refractivity contribution in [3.05, 3.63) is 71.3 Å². The summed E-state index contributed by atoms with van der Waals surface area (Å²) in [5.74, 6) is -0.856. The molecule has 4 rings (SSSR count). The molecule has 0 heterocycles. The van der Waals surface area contributed by atoms with Crippen LogP contribution < -0.4 is 10.6 Å². The molecule has 2 aromatic carbocycles. The Morgan fingerprint density at radius 3 is 2.14 bits per heavy atom. The van der Waals surface area contributed by atoms with Gasteiger partial charge in [0.25, 0.3) is 0 Å². The van der Waals surface area contributed by atoms with E-state index in [1.165, 1.54) is 11.1 Å². The number of benzene rings is 2. The lowest BCUT2D eigenvalue weighted by Gasteiger charge is -2.26. The first-order valence-corrected chi connectivity index (χ1v) is 12.2. The summed E-state index contributed by atoms with van der Waals surface area (Å²) in [5.41, 5.74) is 5.19. The van der Waals surface area contributed by atoms with Crippen molar-refractivity contribution in [1.82, 2.24) is 10.6 Å². The minimum Gasteiger partial charge on any atom is -0.481 e. The molecule has 0 bridgehead atoms. The third kappa shape index (κ3) is 5.91. The van der Waals surface area contributed by atoms with E-state index >= 15 is 0 Å². The van der Waals surface area contributed by atoms with E-state index in [9.17, 15) is 14.4 Å². The fourth-order valence-electron chi connectivity index (χ4n) is 5.02. The third-order valence-electron chi connectivity index (χ3n) is 7.10. The highest BCUT2D eigenvalue weighted by Gasteiger charge is 2.29. The average molecular weight is 477 g/mol. The van der Waals surface area contributed by atoms with Crippen LogP contribution in [0.3, 0.4) is 0 Å². The molecule has 1 fully saturated rings. The molecule has 0 spiro atoms. The van der Waals surface area contributed by atoms with Crippen molar-refractivity contribution in [2.24, 2.45) is 11.8 Å². The topological polar surface area (TPSA) is 105 Å². The predicted molar refractivity (Wildman–Crippen MR) is 133 cm³/mol. The number of alkyl carbamates (subject to hydrolysis) is 1. The monoisotopic (exact) mass is 476 g/mol. The Balaban J connectivity index is 1.20. The van der Waals surface area contributed by atoms with Crippen LogP contribution in [0.1, 0.15) is 49.7 Å². The largest absolute Gasteiger partial charge is 0.481 e. The van der Waals surface area contributed by atoms with Gasteiger partial charge in [0.1, 0.15) is 6.61 Å². The highest BCUT2D eigenvalue weighted by molar-refractivity contribution is 5.92. The smallest absolute Gasteiger partial charge is 0.407 e. The van der Waals surface area contributed by atoms with Crippen molar-refractivity contribution in [2.45, 2.75) is 38.5 Å². The van der Waals surface area contributed by atoms with Gasteiger partial charge in [-0.05, 0) is 60.8 Å². The number of ether oxygens (including phenoxy) is 1. The molecule has 3 N–H and O–H groups in total. The van der Waals surface area contributed by atoms with E-state index in [0.717, 1.165) is 24.0 Å². The van der Waals surface area contributed by atoms with Crippen molar-refractivity contribution in [3.8, 4) is 11.1 Å². The minimum absolute atomic E-state index is 0.00164. The van der Waals surface area contributed by atoms with E-state index in [4.69, 9.17) is 9.84 Å². The zero-order valence-corrected chi connectivity index (χ0v) is 20.0. The summed E-state index contributed by atoms with van der Waals surface area (Å²) in [7, 11) is 0. The standard InChI is InChI=1S/C28H32N2O5/c1-18(26(31)30-16-19-10-12-20(13-11-19)27(32)33)14-15-29-28(34)35-17-25-23-8-4-2-6-21(23)22-7-3-5-9-24(22)25/h2-9,14,19-20,25H,10-13,15-17H2,1H3,(H,29,34)(H,30,31)(H,32,33)/b18-14+. The van der Waals surface area contributed by atoms with Gasteiger partial charge in [-0.2, -0.15) is 0 Å². The molecule has 0 atom stereocenters. The normalized spacial score (nSPS) is 19.4. The number of rotatable bonds is 8. The summed E-state index contributed by atoms with van der Waals surface area (Å²) in [4.78, 5) is 35.7. The number of hydrogen-bond acceptors (Lipinski definition) is 4. The number of hydrogen-bond donors (Lipinski definition) is 3. The van der Waals surface area contributed by atoms with E-state index in [1.54, 1.807) is 13.0 Å². The van der Waals surface area contributed by atoms with Crippen LogP contribution in [0, 0.1) is 11.8 Å². The number of amides is 2. The average Bonchev–Trinajstić information content (AvgIpc) is 3.20. The Labute approximate surface area is 205 Å². The quantitative estimate of drug-likeness (QED) is 0.488. The van der Waals surface area contributed by atoms with E-state index in [-0.39, 0.29) is 30.9 Å². The van der Waals surface area contributed by atoms with Crippen LogP contribution in [-0.4, -0.2) is 42.8 Å². The first-order valence-electron chi connectivity index (χ1n) is 12.2. The van der Waals surface area contributed by atoms with Gasteiger partial charge in [-0.3, -0.25) is 9.59 Å². The van der Waals surface area contributed by atoms with Gasteiger partial charge < -0.3 is 20.5 Å². The second kappa shape index (κ2) is 11.2. The molecule has 184 valence electrons. The Hall–Kier alpha value is -3.61. The summed E-state index contributed by atoms with van der Waals surface area (Å²) in [6, 6.07) is 16.4. The van der Waals surface area contributed by atoms with Crippen molar-refractivity contribution in [2.75, 3.05) is 19.7 Å². The number of fused-ring (bicyclic) bond motifs is 3. The predicted octanol–water partition coefficient (Wildman–Crippen LogP) is 4.48. The van der Waals surface area contributed by atoms with E-state index in [2.05, 4.69) is 34.9 Å². The fraction of sp³-hybridized carbons (Fsp3) is 0.393. The molecule has 2 aliphatic rings. The van der Waals surface area contributed by atoms with Gasteiger partial charge >= 0.3 is 12.1 Å². The van der Waals surface area contributed by atoms with Crippen molar-refractivity contribution < 1.29 is 24.2 Å². The van der Waals surface area contributed by atoms with Gasteiger partial charge in [-0.25, -0.2) is 4.79 Å². The Kier molecular flexibility index (Phi) is 7.85. The molecular formula is C28H32N2O5. The first kappa shape index (κ1) is 24.5. The van der Waals surface area contributed by atoms with Crippen LogP contribution in [0.4, 0.5) is 4.79 Å². The van der Waals surface area contributed by atoms with Gasteiger partial charge in [0.05, 0.1) is 5.92 Å². The molecule has 0 aromatic heterocycles. The van der Waals surface area contributed by atoms with Crippen LogP contribution >= 0.6 is 0 Å². The van der Waals surface area contributed by atoms with Gasteiger partial charge in [0, 0.05) is 24.6 Å². The van der Waals surface area contributed by atoms with E-state index < -0.39 is 12.1 Å². The Morgan fingerprint density at radius 1 is 0.943 bits per heavy atom. The van der Waals surface area contributed by atoms with Crippen LogP contribution in [0.15, 0.2) is 60.2 Å². The number of carboxylic acid groups (broad SMARTS) is 1. The van der Waals surface area contributed by atoms with Gasteiger partial charge in [-0.1, -0.05) is 54.6 Å². The molecule has 2 amide bonds. The molecule has 0 saturated heterocycles. The molecule has 7 heteroatoms. The zero-order chi connectivity index (χ0) is 24.8. The van der Waals surface area contributed by atoms with Crippen molar-refractivity contribution in [3.63, 3.8) is 0 Å². The summed E-state index contributed by atoms with van der Waals surface area (Å²) in [6.07, 6.45) is 4.08. The van der Waals surface area contributed by atoms with Gasteiger partial charge in [0.2, 0.25) is 5.91 Å².